The van der Waals surface area contributed by atoms with Gasteiger partial charge in [0.1, 0.15) is 0 Å². The number of nitrogens with one attached hydrogen (secondary N) is 1. The van der Waals surface area contributed by atoms with Crippen LogP contribution in [0.5, 0.6) is 0 Å². The minimum Gasteiger partial charge on any atom is -0.370 e. The van der Waals surface area contributed by atoms with Gasteiger partial charge in [0.05, 0.1) is 0 Å². The average Bonchev–Trinajstić information content (AvgIpc) is 2.14. The summed E-state index contributed by atoms with van der Waals surface area (Å²) in [6.07, 6.45) is 0. The van der Waals surface area contributed by atoms with Gasteiger partial charge in [-0.25, -0.2) is 0 Å². The Kier molecular flexibility index (Phi) is 4.15. The predicted octanol–water partition coefficient (Wildman–Crippen LogP) is 2.81. The summed E-state index contributed by atoms with van der Waals surface area (Å²) in [7, 11) is 0. The molecule has 0 aliphatic rings. The summed E-state index contributed by atoms with van der Waals surface area (Å²) in [5.74, 6) is 0.457. The molecule has 0 aliphatic carbocycles. The van der Waals surface area contributed by atoms with Gasteiger partial charge in [0.15, 0.2) is 5.96 Å². The van der Waals surface area contributed by atoms with Gasteiger partial charge >= 0.3 is 0 Å². The van der Waals surface area contributed by atoms with Crippen LogP contribution in [-0.4, -0.2) is 12.5 Å². The fourth-order valence-electron chi connectivity index (χ4n) is 1.38. The summed E-state index contributed by atoms with van der Waals surface area (Å²) in [4.78, 5) is 4.07. The smallest absolute Gasteiger partial charge is 0.193 e. The lowest BCUT2D eigenvalue weighted by Crippen LogP contribution is -2.22. The van der Waals surface area contributed by atoms with Crippen molar-refractivity contribution in [1.29, 1.82) is 0 Å². The second-order valence-corrected chi connectivity index (χ2v) is 4.20. The van der Waals surface area contributed by atoms with Crippen LogP contribution in [-0.2, 0) is 0 Å². The zero-order valence-electron chi connectivity index (χ0n) is 9.26. The molecule has 15 heavy (non-hydrogen) atoms. The SMILES string of the molecule is CCN=C(N)Nc1cc(C)c(Br)c(C)c1. The van der Waals surface area contributed by atoms with Crippen molar-refractivity contribution in [3.63, 3.8) is 0 Å². The Bertz CT molecular complexity index is 362. The van der Waals surface area contributed by atoms with E-state index in [-0.39, 0.29) is 0 Å². The normalized spacial score (nSPS) is 11.6. The number of nitrogens with two attached hydrogens (primary N) is 1. The molecule has 0 aliphatic heterocycles. The first-order chi connectivity index (χ1) is 7.04. The molecule has 1 rings (SSSR count). The Labute approximate surface area is 98.9 Å². The third-order valence-corrected chi connectivity index (χ3v) is 3.29. The zero-order valence-corrected chi connectivity index (χ0v) is 10.9. The number of anilines is 1. The van der Waals surface area contributed by atoms with Gasteiger partial charge in [0.25, 0.3) is 0 Å². The van der Waals surface area contributed by atoms with Gasteiger partial charge in [-0.3, -0.25) is 4.99 Å². The molecule has 0 heterocycles. The van der Waals surface area contributed by atoms with E-state index < -0.39 is 0 Å². The van der Waals surface area contributed by atoms with Crippen LogP contribution in [0.1, 0.15) is 18.1 Å². The molecule has 1 aromatic carbocycles. The molecule has 0 amide bonds. The lowest BCUT2D eigenvalue weighted by molar-refractivity contribution is 1.12. The van der Waals surface area contributed by atoms with Crippen molar-refractivity contribution in [3.05, 3.63) is 27.7 Å². The lowest BCUT2D eigenvalue weighted by Gasteiger charge is -2.09. The highest BCUT2D eigenvalue weighted by atomic mass is 79.9. The van der Waals surface area contributed by atoms with Crippen LogP contribution in [0.25, 0.3) is 0 Å². The van der Waals surface area contributed by atoms with Crippen LogP contribution < -0.4 is 11.1 Å². The summed E-state index contributed by atoms with van der Waals surface area (Å²) >= 11 is 3.52. The molecule has 1 aromatic rings. The molecule has 0 aromatic heterocycles. The Morgan fingerprint density at radius 3 is 2.40 bits per heavy atom. The van der Waals surface area contributed by atoms with Gasteiger partial charge in [0.2, 0.25) is 0 Å². The lowest BCUT2D eigenvalue weighted by atomic mass is 10.1. The fourth-order valence-corrected chi connectivity index (χ4v) is 1.60. The zero-order chi connectivity index (χ0) is 11.4. The summed E-state index contributed by atoms with van der Waals surface area (Å²) in [6, 6.07) is 4.07. The molecule has 82 valence electrons. The Balaban J connectivity index is 2.93. The Hall–Kier alpha value is -1.03. The molecule has 0 spiro atoms. The van der Waals surface area contributed by atoms with E-state index in [0.29, 0.717) is 12.5 Å². The third kappa shape index (κ3) is 3.23. The summed E-state index contributed by atoms with van der Waals surface area (Å²) in [5.41, 5.74) is 9.02. The number of hydrogen-bond acceptors (Lipinski definition) is 1. The van der Waals surface area contributed by atoms with Crippen LogP contribution in [0.15, 0.2) is 21.6 Å². The predicted molar refractivity (Wildman–Crippen MR) is 69.4 cm³/mol. The standard InChI is InChI=1S/C11H16BrN3/c1-4-14-11(13)15-9-5-7(2)10(12)8(3)6-9/h5-6H,4H2,1-3H3,(H3,13,14,15). The molecule has 4 heteroatoms. The first-order valence-corrected chi connectivity index (χ1v) is 5.67. The van der Waals surface area contributed by atoms with Gasteiger partial charge < -0.3 is 11.1 Å². The highest BCUT2D eigenvalue weighted by Gasteiger charge is 2.02. The van der Waals surface area contributed by atoms with E-state index in [4.69, 9.17) is 5.73 Å². The second kappa shape index (κ2) is 5.16. The highest BCUT2D eigenvalue weighted by Crippen LogP contribution is 2.24. The van der Waals surface area contributed by atoms with Crippen molar-refractivity contribution in [2.24, 2.45) is 10.7 Å². The van der Waals surface area contributed by atoms with Crippen LogP contribution in [0.3, 0.4) is 0 Å². The summed E-state index contributed by atoms with van der Waals surface area (Å²) in [6.45, 7) is 6.74. The molecule has 0 fully saturated rings. The van der Waals surface area contributed by atoms with E-state index in [1.165, 1.54) is 11.1 Å². The van der Waals surface area contributed by atoms with Gasteiger partial charge in [-0.15, -0.1) is 0 Å². The number of benzene rings is 1. The number of guanidine groups is 1. The van der Waals surface area contributed by atoms with Crippen molar-refractivity contribution in [2.45, 2.75) is 20.8 Å². The van der Waals surface area contributed by atoms with Crippen molar-refractivity contribution >= 4 is 27.6 Å². The molecule has 0 radical (unpaired) electrons. The first-order valence-electron chi connectivity index (χ1n) is 4.88. The molecule has 0 saturated carbocycles. The highest BCUT2D eigenvalue weighted by molar-refractivity contribution is 9.10. The number of aryl methyl sites for hydroxylation is 2. The fraction of sp³-hybridized carbons (Fsp3) is 0.364. The molecule has 3 N–H and O–H groups in total. The maximum absolute atomic E-state index is 5.68. The van der Waals surface area contributed by atoms with Crippen LogP contribution in [0.4, 0.5) is 5.69 Å². The molecular weight excluding hydrogens is 254 g/mol. The van der Waals surface area contributed by atoms with E-state index in [1.54, 1.807) is 0 Å². The van der Waals surface area contributed by atoms with Crippen LogP contribution in [0, 0.1) is 13.8 Å². The average molecular weight is 270 g/mol. The first kappa shape index (κ1) is 12.0. The van der Waals surface area contributed by atoms with Crippen LogP contribution in [0.2, 0.25) is 0 Å². The maximum Gasteiger partial charge on any atom is 0.193 e. The van der Waals surface area contributed by atoms with E-state index in [0.717, 1.165) is 10.2 Å². The second-order valence-electron chi connectivity index (χ2n) is 3.41. The maximum atomic E-state index is 5.68. The monoisotopic (exact) mass is 269 g/mol. The minimum atomic E-state index is 0.457. The van der Waals surface area contributed by atoms with Crippen molar-refractivity contribution in [3.8, 4) is 0 Å². The van der Waals surface area contributed by atoms with Gasteiger partial charge in [-0.2, -0.15) is 0 Å². The topological polar surface area (TPSA) is 50.4 Å². The van der Waals surface area contributed by atoms with Crippen molar-refractivity contribution < 1.29 is 0 Å². The molecule has 3 nitrogen and oxygen atoms in total. The van der Waals surface area contributed by atoms with Gasteiger partial charge in [-0.1, -0.05) is 15.9 Å². The minimum absolute atomic E-state index is 0.457. The van der Waals surface area contributed by atoms with Gasteiger partial charge in [-0.05, 0) is 44.0 Å². The van der Waals surface area contributed by atoms with Gasteiger partial charge in [0, 0.05) is 16.7 Å². The van der Waals surface area contributed by atoms with E-state index >= 15 is 0 Å². The van der Waals surface area contributed by atoms with E-state index in [9.17, 15) is 0 Å². The van der Waals surface area contributed by atoms with Crippen molar-refractivity contribution in [1.82, 2.24) is 0 Å². The number of nitrogens with zero attached hydrogens (tertiary/aromatic N) is 1. The molecule has 0 bridgehead atoms. The number of halogens is 1. The molecule has 0 unspecified atom stereocenters. The van der Waals surface area contributed by atoms with Crippen molar-refractivity contribution in [2.75, 3.05) is 11.9 Å². The Morgan fingerprint density at radius 1 is 1.40 bits per heavy atom. The van der Waals surface area contributed by atoms with E-state index in [1.807, 2.05) is 19.1 Å². The van der Waals surface area contributed by atoms with Crippen LogP contribution >= 0.6 is 15.9 Å². The number of hydrogen-bond donors (Lipinski definition) is 2. The summed E-state index contributed by atoms with van der Waals surface area (Å²) in [5, 5.41) is 3.06. The quantitative estimate of drug-likeness (QED) is 0.641. The third-order valence-electron chi connectivity index (χ3n) is 2.04. The largest absolute Gasteiger partial charge is 0.370 e. The summed E-state index contributed by atoms with van der Waals surface area (Å²) < 4.78 is 1.14. The molecular formula is C11H16BrN3. The Morgan fingerprint density at radius 2 is 1.93 bits per heavy atom. The number of rotatable bonds is 2. The number of aliphatic imine (C=N–C) groups is 1. The van der Waals surface area contributed by atoms with E-state index in [2.05, 4.69) is 40.1 Å². The molecule has 0 atom stereocenters. The molecule has 0 saturated heterocycles.